The number of halogens is 1. The Morgan fingerprint density at radius 1 is 1.20 bits per heavy atom. The molecular weight excluding hydrogens is 341 g/mol. The van der Waals surface area contributed by atoms with E-state index in [-0.39, 0.29) is 17.3 Å². The minimum Gasteiger partial charge on any atom is -0.335 e. The average molecular weight is 357 g/mol. The van der Waals surface area contributed by atoms with Crippen LogP contribution in [0.25, 0.3) is 11.4 Å². The van der Waals surface area contributed by atoms with Crippen LogP contribution in [0.15, 0.2) is 53.7 Å². The highest BCUT2D eigenvalue weighted by Gasteiger charge is 2.15. The van der Waals surface area contributed by atoms with Crippen molar-refractivity contribution >= 4 is 23.4 Å². The molecule has 0 saturated heterocycles. The highest BCUT2D eigenvalue weighted by Crippen LogP contribution is 2.24. The van der Waals surface area contributed by atoms with Crippen molar-refractivity contribution in [1.82, 2.24) is 14.9 Å². The van der Waals surface area contributed by atoms with Crippen LogP contribution in [0.3, 0.4) is 0 Å². The van der Waals surface area contributed by atoms with E-state index in [9.17, 15) is 9.18 Å². The van der Waals surface area contributed by atoms with Crippen LogP contribution in [-0.2, 0) is 4.79 Å². The molecule has 0 aliphatic carbocycles. The summed E-state index contributed by atoms with van der Waals surface area (Å²) in [6.07, 6.45) is 0. The number of nitrogen functional groups attached to an aromatic ring is 1. The second-order valence-corrected chi connectivity index (χ2v) is 6.25. The number of carbonyl (C=O) groups excluding carboxylic acids is 1. The maximum atomic E-state index is 13.5. The first-order valence-electron chi connectivity index (χ1n) is 7.50. The van der Waals surface area contributed by atoms with Crippen LogP contribution in [-0.4, -0.2) is 26.5 Å². The molecule has 0 aliphatic heterocycles. The Bertz CT molecular complexity index is 912. The summed E-state index contributed by atoms with van der Waals surface area (Å²) in [7, 11) is 0. The fraction of sp³-hybridized carbons (Fsp3) is 0.118. The lowest BCUT2D eigenvalue weighted by molar-refractivity contribution is -0.113. The molecule has 0 spiro atoms. The Balaban J connectivity index is 1.67. The zero-order valence-electron chi connectivity index (χ0n) is 13.4. The van der Waals surface area contributed by atoms with E-state index in [2.05, 4.69) is 15.5 Å². The smallest absolute Gasteiger partial charge is 0.234 e. The first-order chi connectivity index (χ1) is 12.1. The predicted octanol–water partition coefficient (Wildman–Crippen LogP) is 2.84. The topological polar surface area (TPSA) is 85.8 Å². The van der Waals surface area contributed by atoms with Gasteiger partial charge in [-0.1, -0.05) is 48.2 Å². The Hall–Kier alpha value is -2.87. The molecule has 1 aromatic heterocycles. The molecule has 25 heavy (non-hydrogen) atoms. The van der Waals surface area contributed by atoms with E-state index in [1.807, 2.05) is 31.2 Å². The van der Waals surface area contributed by atoms with Gasteiger partial charge in [-0.25, -0.2) is 9.07 Å². The first kappa shape index (κ1) is 17.0. The van der Waals surface area contributed by atoms with E-state index >= 15 is 0 Å². The van der Waals surface area contributed by atoms with Crippen LogP contribution in [0, 0.1) is 12.7 Å². The Labute approximate surface area is 148 Å². The maximum absolute atomic E-state index is 13.5. The number of hydrogen-bond donors (Lipinski definition) is 2. The van der Waals surface area contributed by atoms with Gasteiger partial charge in [0, 0.05) is 5.56 Å². The zero-order chi connectivity index (χ0) is 17.8. The van der Waals surface area contributed by atoms with Gasteiger partial charge >= 0.3 is 0 Å². The molecule has 0 fully saturated rings. The number of nitrogens with zero attached hydrogens (tertiary/aromatic N) is 3. The van der Waals surface area contributed by atoms with E-state index in [1.54, 1.807) is 12.1 Å². The molecule has 6 nitrogen and oxygen atoms in total. The van der Waals surface area contributed by atoms with Crippen LogP contribution >= 0.6 is 11.8 Å². The van der Waals surface area contributed by atoms with Crippen molar-refractivity contribution in [3.63, 3.8) is 0 Å². The minimum absolute atomic E-state index is 0.0391. The molecule has 0 bridgehead atoms. The number of aryl methyl sites for hydroxylation is 1. The molecule has 0 unspecified atom stereocenters. The minimum atomic E-state index is -0.482. The third kappa shape index (κ3) is 3.80. The summed E-state index contributed by atoms with van der Waals surface area (Å²) in [6, 6.07) is 13.7. The van der Waals surface area contributed by atoms with Crippen LogP contribution < -0.4 is 11.2 Å². The number of para-hydroxylation sites is 1. The highest BCUT2D eigenvalue weighted by molar-refractivity contribution is 7.99. The Morgan fingerprint density at radius 2 is 1.92 bits per heavy atom. The number of carbonyl (C=O) groups is 1. The molecule has 3 N–H and O–H groups in total. The largest absolute Gasteiger partial charge is 0.335 e. The predicted molar refractivity (Wildman–Crippen MR) is 96.1 cm³/mol. The second-order valence-electron chi connectivity index (χ2n) is 5.31. The summed E-state index contributed by atoms with van der Waals surface area (Å²) in [5.74, 6) is 5.78. The van der Waals surface area contributed by atoms with Gasteiger partial charge in [0.1, 0.15) is 5.82 Å². The van der Waals surface area contributed by atoms with Crippen molar-refractivity contribution in [1.29, 1.82) is 0 Å². The number of aromatic nitrogens is 3. The SMILES string of the molecule is Cc1ccccc1-c1nnc(SCC(=O)Nc2ccccc2F)n1N. The highest BCUT2D eigenvalue weighted by atomic mass is 32.2. The summed E-state index contributed by atoms with van der Waals surface area (Å²) in [5.41, 5.74) is 2.04. The molecule has 0 aliphatic rings. The lowest BCUT2D eigenvalue weighted by Gasteiger charge is -2.07. The Kier molecular flexibility index (Phi) is 4.99. The summed E-state index contributed by atoms with van der Waals surface area (Å²) in [4.78, 5) is 12.0. The molecule has 0 radical (unpaired) electrons. The van der Waals surface area contributed by atoms with Crippen molar-refractivity contribution < 1.29 is 9.18 Å². The van der Waals surface area contributed by atoms with Gasteiger partial charge in [-0.2, -0.15) is 0 Å². The number of hydrogen-bond acceptors (Lipinski definition) is 5. The van der Waals surface area contributed by atoms with E-state index in [0.717, 1.165) is 22.9 Å². The molecule has 0 atom stereocenters. The standard InChI is InChI=1S/C17H16FN5OS/c1-11-6-2-3-7-12(11)16-21-22-17(23(16)19)25-10-15(24)20-14-9-5-4-8-13(14)18/h2-9H,10,19H2,1H3,(H,20,24). The zero-order valence-corrected chi connectivity index (χ0v) is 14.3. The normalized spacial score (nSPS) is 10.6. The molecule has 128 valence electrons. The number of nitrogens with one attached hydrogen (secondary N) is 1. The lowest BCUT2D eigenvalue weighted by atomic mass is 10.1. The molecule has 8 heteroatoms. The van der Waals surface area contributed by atoms with Gasteiger partial charge < -0.3 is 11.2 Å². The van der Waals surface area contributed by atoms with E-state index in [4.69, 9.17) is 5.84 Å². The molecule has 3 rings (SSSR count). The number of benzene rings is 2. The third-order valence-electron chi connectivity index (χ3n) is 3.53. The fourth-order valence-electron chi connectivity index (χ4n) is 2.26. The van der Waals surface area contributed by atoms with Crippen molar-refractivity contribution in [2.45, 2.75) is 12.1 Å². The van der Waals surface area contributed by atoms with E-state index in [0.29, 0.717) is 11.0 Å². The molecule has 1 amide bonds. The first-order valence-corrected chi connectivity index (χ1v) is 8.48. The molecule has 3 aromatic rings. The molecule has 2 aromatic carbocycles. The number of rotatable bonds is 5. The summed E-state index contributed by atoms with van der Waals surface area (Å²) >= 11 is 1.13. The van der Waals surface area contributed by atoms with Gasteiger partial charge in [0.2, 0.25) is 11.1 Å². The number of anilines is 1. The quantitative estimate of drug-likeness (QED) is 0.542. The van der Waals surface area contributed by atoms with Crippen molar-refractivity contribution in [3.8, 4) is 11.4 Å². The van der Waals surface area contributed by atoms with Gasteiger partial charge in [0.15, 0.2) is 5.82 Å². The van der Waals surface area contributed by atoms with Crippen molar-refractivity contribution in [2.24, 2.45) is 0 Å². The molecule has 1 heterocycles. The van der Waals surface area contributed by atoms with E-state index < -0.39 is 5.82 Å². The number of nitrogens with two attached hydrogens (primary N) is 1. The van der Waals surface area contributed by atoms with Crippen molar-refractivity contribution in [2.75, 3.05) is 16.9 Å². The van der Waals surface area contributed by atoms with Crippen LogP contribution in [0.5, 0.6) is 0 Å². The van der Waals surface area contributed by atoms with Crippen LogP contribution in [0.2, 0.25) is 0 Å². The number of thioether (sulfide) groups is 1. The maximum Gasteiger partial charge on any atom is 0.234 e. The summed E-state index contributed by atoms with van der Waals surface area (Å²) < 4.78 is 14.9. The van der Waals surface area contributed by atoms with Gasteiger partial charge in [-0.05, 0) is 24.6 Å². The number of amides is 1. The van der Waals surface area contributed by atoms with Crippen LogP contribution in [0.4, 0.5) is 10.1 Å². The summed E-state index contributed by atoms with van der Waals surface area (Å²) in [6.45, 7) is 1.96. The van der Waals surface area contributed by atoms with Gasteiger partial charge in [0.05, 0.1) is 11.4 Å². The fourth-order valence-corrected chi connectivity index (χ4v) is 2.92. The van der Waals surface area contributed by atoms with Crippen molar-refractivity contribution in [3.05, 3.63) is 59.9 Å². The van der Waals surface area contributed by atoms with E-state index in [1.165, 1.54) is 16.8 Å². The summed E-state index contributed by atoms with van der Waals surface area (Å²) in [5, 5.41) is 11.0. The average Bonchev–Trinajstić information content (AvgIpc) is 2.96. The van der Waals surface area contributed by atoms with Gasteiger partial charge in [-0.3, -0.25) is 4.79 Å². The molecule has 0 saturated carbocycles. The lowest BCUT2D eigenvalue weighted by Crippen LogP contribution is -2.17. The monoisotopic (exact) mass is 357 g/mol. The van der Waals surface area contributed by atoms with Gasteiger partial charge in [-0.15, -0.1) is 10.2 Å². The second kappa shape index (κ2) is 7.35. The van der Waals surface area contributed by atoms with Gasteiger partial charge in [0.25, 0.3) is 0 Å². The Morgan fingerprint density at radius 3 is 2.68 bits per heavy atom. The molecular formula is C17H16FN5OS. The third-order valence-corrected chi connectivity index (χ3v) is 4.47. The van der Waals surface area contributed by atoms with Crippen LogP contribution in [0.1, 0.15) is 5.56 Å².